The lowest BCUT2D eigenvalue weighted by molar-refractivity contribution is -0.129. The van der Waals surface area contributed by atoms with Crippen LogP contribution in [0.3, 0.4) is 0 Å². The third-order valence-corrected chi connectivity index (χ3v) is 5.62. The zero-order valence-electron chi connectivity index (χ0n) is 16.6. The number of carbonyl (C=O) groups excluding carboxylic acids is 1. The Morgan fingerprint density at radius 3 is 2.73 bits per heavy atom. The van der Waals surface area contributed by atoms with Gasteiger partial charge in [-0.05, 0) is 55.3 Å². The third kappa shape index (κ3) is 3.91. The molecule has 4 rings (SSSR count). The van der Waals surface area contributed by atoms with E-state index in [1.807, 2.05) is 48.5 Å². The fraction of sp³-hybridized carbons (Fsp3) is 0.250. The predicted molar refractivity (Wildman–Crippen MR) is 112 cm³/mol. The van der Waals surface area contributed by atoms with Crippen LogP contribution in [0.25, 0.3) is 0 Å². The third-order valence-electron chi connectivity index (χ3n) is 5.62. The quantitative estimate of drug-likeness (QED) is 0.650. The Labute approximate surface area is 175 Å². The van der Waals surface area contributed by atoms with Crippen molar-refractivity contribution >= 4 is 5.91 Å². The minimum Gasteiger partial charge on any atom is -0.489 e. The van der Waals surface area contributed by atoms with Gasteiger partial charge in [-0.1, -0.05) is 36.4 Å². The summed E-state index contributed by atoms with van der Waals surface area (Å²) < 4.78 is 19.5. The summed E-state index contributed by atoms with van der Waals surface area (Å²) in [5.74, 6) is 0.0213. The van der Waals surface area contributed by atoms with Crippen LogP contribution in [0.15, 0.2) is 72.9 Å². The molecule has 2 aromatic carbocycles. The molecule has 1 aliphatic heterocycles. The lowest BCUT2D eigenvalue weighted by atomic mass is 9.90. The molecule has 3 aromatic rings. The van der Waals surface area contributed by atoms with Gasteiger partial charge < -0.3 is 10.5 Å². The number of hydrogen-bond donors (Lipinski definition) is 1. The Bertz CT molecular complexity index is 1030. The first kappa shape index (κ1) is 20.0. The number of hydrogen-bond acceptors (Lipinski definition) is 4. The monoisotopic (exact) mass is 405 g/mol. The summed E-state index contributed by atoms with van der Waals surface area (Å²) in [5, 5.41) is 0. The van der Waals surface area contributed by atoms with E-state index in [9.17, 15) is 9.18 Å². The maximum absolute atomic E-state index is 13.5. The largest absolute Gasteiger partial charge is 0.489 e. The summed E-state index contributed by atoms with van der Waals surface area (Å²) >= 11 is 0. The number of likely N-dealkylation sites (tertiary alicyclic amines) is 1. The van der Waals surface area contributed by atoms with E-state index in [2.05, 4.69) is 9.88 Å². The fourth-order valence-electron chi connectivity index (χ4n) is 4.16. The Hall–Kier alpha value is -3.25. The van der Waals surface area contributed by atoms with Gasteiger partial charge in [0, 0.05) is 18.3 Å². The number of ether oxygens (including phenoxy) is 1. The number of nitrogens with two attached hydrogens (primary N) is 1. The van der Waals surface area contributed by atoms with Crippen molar-refractivity contribution in [1.29, 1.82) is 0 Å². The summed E-state index contributed by atoms with van der Waals surface area (Å²) in [6.07, 6.45) is 3.17. The summed E-state index contributed by atoms with van der Waals surface area (Å²) in [4.78, 5) is 19.2. The van der Waals surface area contributed by atoms with Gasteiger partial charge in [0.1, 0.15) is 23.7 Å². The predicted octanol–water partition coefficient (Wildman–Crippen LogP) is 3.78. The number of rotatable bonds is 7. The van der Waals surface area contributed by atoms with E-state index in [0.29, 0.717) is 24.4 Å². The smallest absolute Gasteiger partial charge is 0.244 e. The molecule has 2 heterocycles. The Morgan fingerprint density at radius 1 is 1.13 bits per heavy atom. The number of amides is 1. The number of aromatic nitrogens is 1. The highest BCUT2D eigenvalue weighted by atomic mass is 19.1. The zero-order chi connectivity index (χ0) is 21.0. The molecule has 2 N–H and O–H groups in total. The van der Waals surface area contributed by atoms with Gasteiger partial charge in [0.25, 0.3) is 0 Å². The molecule has 154 valence electrons. The van der Waals surface area contributed by atoms with Crippen molar-refractivity contribution in [3.63, 3.8) is 0 Å². The molecule has 30 heavy (non-hydrogen) atoms. The number of nitrogens with zero attached hydrogens (tertiary/aromatic N) is 2. The summed E-state index contributed by atoms with van der Waals surface area (Å²) in [7, 11) is 0. The normalized spacial score (nSPS) is 19.0. The lowest BCUT2D eigenvalue weighted by Gasteiger charge is -2.35. The molecule has 1 unspecified atom stereocenters. The molecule has 1 saturated heterocycles. The standard InChI is InChI=1S/C24H24FN3O2/c25-20-9-5-7-18(15-20)17-30-21-10-2-1-8-19(21)16-28-14-6-12-24(28,23(26)29)22-11-3-4-13-27-22/h1-5,7-11,13,15H,6,12,14,16-17H2,(H2,26,29). The van der Waals surface area contributed by atoms with Crippen molar-refractivity contribution in [2.24, 2.45) is 5.73 Å². The molecule has 1 amide bonds. The maximum atomic E-state index is 13.5. The van der Waals surface area contributed by atoms with Gasteiger partial charge in [-0.3, -0.25) is 14.7 Å². The molecular formula is C24H24FN3O2. The molecular weight excluding hydrogens is 381 g/mol. The van der Waals surface area contributed by atoms with Crippen LogP contribution in [-0.2, 0) is 23.5 Å². The van der Waals surface area contributed by atoms with Gasteiger partial charge in [-0.25, -0.2) is 4.39 Å². The van der Waals surface area contributed by atoms with E-state index in [-0.39, 0.29) is 12.4 Å². The molecule has 6 heteroatoms. The van der Waals surface area contributed by atoms with Crippen LogP contribution in [0.1, 0.15) is 29.7 Å². The van der Waals surface area contributed by atoms with Crippen molar-refractivity contribution < 1.29 is 13.9 Å². The molecule has 0 radical (unpaired) electrons. The van der Waals surface area contributed by atoms with Gasteiger partial charge in [0.05, 0.1) is 5.69 Å². The van der Waals surface area contributed by atoms with Crippen molar-refractivity contribution in [2.45, 2.75) is 31.5 Å². The van der Waals surface area contributed by atoms with Crippen molar-refractivity contribution in [1.82, 2.24) is 9.88 Å². The Kier molecular flexibility index (Phi) is 5.77. The molecule has 0 bridgehead atoms. The van der Waals surface area contributed by atoms with Crippen LogP contribution in [-0.4, -0.2) is 22.3 Å². The molecule has 1 fully saturated rings. The molecule has 1 aromatic heterocycles. The maximum Gasteiger partial charge on any atom is 0.244 e. The van der Waals surface area contributed by atoms with Crippen LogP contribution in [0.4, 0.5) is 4.39 Å². The number of benzene rings is 2. The van der Waals surface area contributed by atoms with Crippen molar-refractivity contribution in [3.8, 4) is 5.75 Å². The Morgan fingerprint density at radius 2 is 1.97 bits per heavy atom. The van der Waals surface area contributed by atoms with Gasteiger partial charge in [0.2, 0.25) is 5.91 Å². The van der Waals surface area contributed by atoms with E-state index in [4.69, 9.17) is 10.5 Å². The van der Waals surface area contributed by atoms with Gasteiger partial charge in [0.15, 0.2) is 0 Å². The highest BCUT2D eigenvalue weighted by molar-refractivity contribution is 5.86. The fourth-order valence-corrected chi connectivity index (χ4v) is 4.16. The Balaban J connectivity index is 1.58. The first-order chi connectivity index (χ1) is 14.6. The summed E-state index contributed by atoms with van der Waals surface area (Å²) in [5.41, 5.74) is 7.35. The van der Waals surface area contributed by atoms with Gasteiger partial charge in [-0.15, -0.1) is 0 Å². The summed E-state index contributed by atoms with van der Waals surface area (Å²) in [6, 6.07) is 19.6. The molecule has 5 nitrogen and oxygen atoms in total. The zero-order valence-corrected chi connectivity index (χ0v) is 16.6. The van der Waals surface area contributed by atoms with Crippen LogP contribution in [0, 0.1) is 5.82 Å². The number of primary amides is 1. The number of carbonyl (C=O) groups is 1. The highest BCUT2D eigenvalue weighted by Crippen LogP contribution is 2.39. The first-order valence-electron chi connectivity index (χ1n) is 10.0. The van der Waals surface area contributed by atoms with E-state index in [1.165, 1.54) is 12.1 Å². The van der Waals surface area contributed by atoms with Crippen molar-refractivity contribution in [2.75, 3.05) is 6.54 Å². The second kappa shape index (κ2) is 8.63. The molecule has 0 saturated carbocycles. The highest BCUT2D eigenvalue weighted by Gasteiger charge is 2.48. The van der Waals surface area contributed by atoms with Crippen LogP contribution in [0.5, 0.6) is 5.75 Å². The average molecular weight is 405 g/mol. The number of para-hydroxylation sites is 1. The van der Waals surface area contributed by atoms with E-state index in [0.717, 1.165) is 24.1 Å². The molecule has 0 aliphatic carbocycles. The van der Waals surface area contributed by atoms with Gasteiger partial charge >= 0.3 is 0 Å². The van der Waals surface area contributed by atoms with E-state index >= 15 is 0 Å². The molecule has 1 atom stereocenters. The number of halogens is 1. The SMILES string of the molecule is NC(=O)C1(c2ccccn2)CCCN1Cc1ccccc1OCc1cccc(F)c1. The molecule has 0 spiro atoms. The second-order valence-electron chi connectivity index (χ2n) is 7.49. The lowest BCUT2D eigenvalue weighted by Crippen LogP contribution is -2.51. The topological polar surface area (TPSA) is 68.5 Å². The second-order valence-corrected chi connectivity index (χ2v) is 7.49. The summed E-state index contributed by atoms with van der Waals surface area (Å²) in [6.45, 7) is 1.49. The molecule has 1 aliphatic rings. The van der Waals surface area contributed by atoms with Gasteiger partial charge in [-0.2, -0.15) is 0 Å². The number of pyridine rings is 1. The van der Waals surface area contributed by atoms with E-state index in [1.54, 1.807) is 12.3 Å². The van der Waals surface area contributed by atoms with Crippen LogP contribution >= 0.6 is 0 Å². The van der Waals surface area contributed by atoms with Crippen molar-refractivity contribution in [3.05, 3.63) is 95.6 Å². The minimum absolute atomic E-state index is 0.260. The van der Waals surface area contributed by atoms with E-state index < -0.39 is 11.4 Å². The van der Waals surface area contributed by atoms with Crippen LogP contribution in [0.2, 0.25) is 0 Å². The minimum atomic E-state index is -0.934. The average Bonchev–Trinajstić information content (AvgIpc) is 3.18. The first-order valence-corrected chi connectivity index (χ1v) is 10.0. The van der Waals surface area contributed by atoms with Crippen LogP contribution < -0.4 is 10.5 Å².